The predicted molar refractivity (Wildman–Crippen MR) is 54.6 cm³/mol. The molecule has 0 heterocycles. The van der Waals surface area contributed by atoms with E-state index in [1.165, 1.54) is 0 Å². The average molecular weight is 215 g/mol. The summed E-state index contributed by atoms with van der Waals surface area (Å²) in [4.78, 5) is 0. The summed E-state index contributed by atoms with van der Waals surface area (Å²) in [5.41, 5.74) is 0. The third-order valence-electron chi connectivity index (χ3n) is 1.25. The molecule has 0 aromatic rings. The molecular formula is C10H15Br. The highest BCUT2D eigenvalue weighted by Crippen LogP contribution is 2.10. The Balaban J connectivity index is 3.15. The topological polar surface area (TPSA) is 0 Å². The minimum atomic E-state index is 1.00. The molecule has 0 spiro atoms. The first-order chi connectivity index (χ1) is 5.27. The Bertz CT molecular complexity index is 159. The van der Waals surface area contributed by atoms with Crippen molar-refractivity contribution in [1.29, 1.82) is 0 Å². The summed E-state index contributed by atoms with van der Waals surface area (Å²) in [7, 11) is 0. The van der Waals surface area contributed by atoms with E-state index in [0.717, 1.165) is 36.6 Å². The van der Waals surface area contributed by atoms with Gasteiger partial charge in [0, 0.05) is 12.8 Å². The predicted octanol–water partition coefficient (Wildman–Crippen LogP) is 3.87. The van der Waals surface area contributed by atoms with Crippen molar-refractivity contribution in [2.75, 3.05) is 0 Å². The molecule has 0 aliphatic rings. The minimum Gasteiger partial charge on any atom is -0.103 e. The van der Waals surface area contributed by atoms with Gasteiger partial charge >= 0.3 is 0 Å². The van der Waals surface area contributed by atoms with Crippen LogP contribution < -0.4 is 0 Å². The van der Waals surface area contributed by atoms with Gasteiger partial charge in [-0.05, 0) is 23.7 Å². The van der Waals surface area contributed by atoms with E-state index >= 15 is 0 Å². The molecule has 0 N–H and O–H groups in total. The van der Waals surface area contributed by atoms with E-state index in [2.05, 4.69) is 41.3 Å². The fraction of sp³-hybridized carbons (Fsp3) is 0.600. The van der Waals surface area contributed by atoms with E-state index in [-0.39, 0.29) is 0 Å². The molecular weight excluding hydrogens is 200 g/mol. The summed E-state index contributed by atoms with van der Waals surface area (Å²) in [5.74, 6) is 6.24. The van der Waals surface area contributed by atoms with Crippen LogP contribution in [-0.2, 0) is 0 Å². The van der Waals surface area contributed by atoms with Crippen LogP contribution in [0.25, 0.3) is 0 Å². The summed E-state index contributed by atoms with van der Waals surface area (Å²) in [5, 5.41) is 0. The van der Waals surface area contributed by atoms with Crippen molar-refractivity contribution < 1.29 is 0 Å². The van der Waals surface area contributed by atoms with Crippen molar-refractivity contribution in [3.63, 3.8) is 0 Å². The van der Waals surface area contributed by atoms with E-state index < -0.39 is 0 Å². The first-order valence-corrected chi connectivity index (χ1v) is 4.85. The quantitative estimate of drug-likeness (QED) is 0.493. The molecule has 0 saturated heterocycles. The summed E-state index contributed by atoms with van der Waals surface area (Å²) in [6.45, 7) is 5.91. The van der Waals surface area contributed by atoms with Gasteiger partial charge in [-0.25, -0.2) is 0 Å². The third-order valence-corrected chi connectivity index (χ3v) is 1.65. The molecule has 0 aliphatic heterocycles. The molecule has 11 heavy (non-hydrogen) atoms. The fourth-order valence-electron chi connectivity index (χ4n) is 0.670. The van der Waals surface area contributed by atoms with Crippen LogP contribution in [0.2, 0.25) is 0 Å². The molecule has 0 aromatic heterocycles. The van der Waals surface area contributed by atoms with Crippen molar-refractivity contribution in [2.24, 2.45) is 0 Å². The lowest BCUT2D eigenvalue weighted by Gasteiger charge is -1.90. The summed E-state index contributed by atoms with van der Waals surface area (Å²) >= 11 is 3.31. The average Bonchev–Trinajstić information content (AvgIpc) is 1.96. The Morgan fingerprint density at radius 2 is 2.00 bits per heavy atom. The van der Waals surface area contributed by atoms with Crippen LogP contribution in [-0.4, -0.2) is 0 Å². The highest BCUT2D eigenvalue weighted by Gasteiger charge is 1.85. The molecule has 0 aromatic carbocycles. The molecule has 0 bridgehead atoms. The highest BCUT2D eigenvalue weighted by atomic mass is 79.9. The van der Waals surface area contributed by atoms with Gasteiger partial charge in [-0.15, -0.1) is 11.8 Å². The van der Waals surface area contributed by atoms with Gasteiger partial charge in [0.1, 0.15) is 0 Å². The Kier molecular flexibility index (Phi) is 7.72. The van der Waals surface area contributed by atoms with Gasteiger partial charge in [0.25, 0.3) is 0 Å². The van der Waals surface area contributed by atoms with Crippen LogP contribution >= 0.6 is 15.9 Å². The van der Waals surface area contributed by atoms with Gasteiger partial charge in [-0.1, -0.05) is 29.4 Å². The lowest BCUT2D eigenvalue weighted by molar-refractivity contribution is 0.878. The maximum Gasteiger partial charge on any atom is 0.00920 e. The maximum absolute atomic E-state index is 3.76. The molecule has 0 atom stereocenters. The smallest absolute Gasteiger partial charge is 0.00920 e. The Labute approximate surface area is 78.2 Å². The van der Waals surface area contributed by atoms with E-state index in [0.29, 0.717) is 0 Å². The minimum absolute atomic E-state index is 1.00. The van der Waals surface area contributed by atoms with Gasteiger partial charge in [0.15, 0.2) is 0 Å². The second-order valence-corrected chi connectivity index (χ2v) is 3.60. The van der Waals surface area contributed by atoms with E-state index in [1.54, 1.807) is 0 Å². The Morgan fingerprint density at radius 1 is 1.36 bits per heavy atom. The molecule has 0 amide bonds. The lowest BCUT2D eigenvalue weighted by atomic mass is 10.2. The van der Waals surface area contributed by atoms with Gasteiger partial charge in [-0.3, -0.25) is 0 Å². The number of rotatable bonds is 4. The second-order valence-electron chi connectivity index (χ2n) is 2.47. The molecule has 1 heteroatoms. The summed E-state index contributed by atoms with van der Waals surface area (Å²) in [6.07, 6.45) is 5.37. The van der Waals surface area contributed by atoms with Crippen LogP contribution in [0.1, 0.15) is 39.0 Å². The van der Waals surface area contributed by atoms with Crippen LogP contribution in [0.3, 0.4) is 0 Å². The first-order valence-electron chi connectivity index (χ1n) is 4.06. The zero-order chi connectivity index (χ0) is 8.53. The van der Waals surface area contributed by atoms with Crippen molar-refractivity contribution in [1.82, 2.24) is 0 Å². The van der Waals surface area contributed by atoms with E-state index in [1.807, 2.05) is 0 Å². The van der Waals surface area contributed by atoms with Crippen molar-refractivity contribution >= 4 is 15.9 Å². The molecule has 0 unspecified atom stereocenters. The van der Waals surface area contributed by atoms with Crippen LogP contribution in [0, 0.1) is 11.8 Å². The number of halogens is 1. The molecule has 62 valence electrons. The fourth-order valence-corrected chi connectivity index (χ4v) is 0.951. The van der Waals surface area contributed by atoms with E-state index in [9.17, 15) is 0 Å². The Morgan fingerprint density at radius 3 is 2.55 bits per heavy atom. The molecule has 0 nitrogen and oxygen atoms in total. The van der Waals surface area contributed by atoms with Gasteiger partial charge in [0.2, 0.25) is 0 Å². The van der Waals surface area contributed by atoms with E-state index in [4.69, 9.17) is 0 Å². The summed E-state index contributed by atoms with van der Waals surface area (Å²) in [6, 6.07) is 0. The van der Waals surface area contributed by atoms with Crippen LogP contribution in [0.5, 0.6) is 0 Å². The zero-order valence-electron chi connectivity index (χ0n) is 7.12. The lowest BCUT2D eigenvalue weighted by Crippen LogP contribution is -1.72. The number of unbranched alkanes of at least 4 members (excludes halogenated alkanes) is 2. The first kappa shape index (κ1) is 10.8. The van der Waals surface area contributed by atoms with Crippen LogP contribution in [0.15, 0.2) is 11.1 Å². The molecule has 0 aliphatic carbocycles. The second kappa shape index (κ2) is 7.88. The molecule has 0 saturated carbocycles. The van der Waals surface area contributed by atoms with Crippen molar-refractivity contribution in [2.45, 2.75) is 39.0 Å². The monoisotopic (exact) mass is 214 g/mol. The molecule has 0 fully saturated rings. The van der Waals surface area contributed by atoms with Gasteiger partial charge in [0.05, 0.1) is 0 Å². The van der Waals surface area contributed by atoms with Gasteiger partial charge in [-0.2, -0.15) is 0 Å². The maximum atomic E-state index is 3.76. The normalized spacial score (nSPS) is 8.55. The van der Waals surface area contributed by atoms with Crippen LogP contribution in [0.4, 0.5) is 0 Å². The standard InChI is InChI=1S/C10H15Br/c1-3-4-5-6-7-8-9-10(2)11/h2-4,7-9H2,1H3. The largest absolute Gasteiger partial charge is 0.103 e. The number of hydrogen-bond donors (Lipinski definition) is 0. The van der Waals surface area contributed by atoms with Gasteiger partial charge < -0.3 is 0 Å². The van der Waals surface area contributed by atoms with Crippen molar-refractivity contribution in [3.05, 3.63) is 11.1 Å². The van der Waals surface area contributed by atoms with Crippen molar-refractivity contribution in [3.8, 4) is 11.8 Å². The Hall–Kier alpha value is -0.220. The number of allylic oxidation sites excluding steroid dienone is 1. The molecule has 0 rings (SSSR count). The zero-order valence-corrected chi connectivity index (χ0v) is 8.71. The third kappa shape index (κ3) is 9.78. The highest BCUT2D eigenvalue weighted by molar-refractivity contribution is 9.11. The molecule has 0 radical (unpaired) electrons. The SMILES string of the molecule is C=C(Br)CCCC#CCCC. The summed E-state index contributed by atoms with van der Waals surface area (Å²) < 4.78 is 1.08. The number of hydrogen-bond acceptors (Lipinski definition) is 0.